The molecule has 1 saturated heterocycles. The fraction of sp³-hybridized carbons (Fsp3) is 0.381. The lowest BCUT2D eigenvalue weighted by molar-refractivity contribution is 0.186. The van der Waals surface area contributed by atoms with Crippen LogP contribution in [0.15, 0.2) is 18.5 Å². The molecule has 1 fully saturated rings. The zero-order chi connectivity index (χ0) is 22.4. The maximum atomic E-state index is 15.2. The van der Waals surface area contributed by atoms with Crippen LogP contribution in [0, 0.1) is 17.6 Å². The van der Waals surface area contributed by atoms with E-state index in [2.05, 4.69) is 15.2 Å². The van der Waals surface area contributed by atoms with Gasteiger partial charge in [0.05, 0.1) is 44.6 Å². The van der Waals surface area contributed by atoms with E-state index in [9.17, 15) is 4.79 Å². The number of nitrogens with one attached hydrogen (secondary N) is 1. The predicted octanol–water partition coefficient (Wildman–Crippen LogP) is 3.24. The van der Waals surface area contributed by atoms with Crippen LogP contribution < -0.4 is 19.3 Å². The standard InChI is InChI=1S/C21H21F2N5O4/c1-30-14-5-15(31-2)17(23)19(16(14)22)28-9-12-6-24-20-13(7-25-26-20)18(12)27(21(28)29)8-11-3-4-32-10-11/h5-7,11H,3-4,8-10H2,1-2H3,(H,24,25,26). The van der Waals surface area contributed by atoms with Gasteiger partial charge in [0.25, 0.3) is 0 Å². The third-order valence-electron chi connectivity index (χ3n) is 5.87. The molecule has 0 bridgehead atoms. The maximum absolute atomic E-state index is 15.2. The van der Waals surface area contributed by atoms with Gasteiger partial charge in [0.15, 0.2) is 28.8 Å². The molecule has 0 radical (unpaired) electrons. The topological polar surface area (TPSA) is 92.8 Å². The van der Waals surface area contributed by atoms with E-state index in [0.717, 1.165) is 17.4 Å². The molecule has 3 aromatic rings. The van der Waals surface area contributed by atoms with Crippen LogP contribution in [-0.2, 0) is 11.3 Å². The average Bonchev–Trinajstić information content (AvgIpc) is 3.48. The van der Waals surface area contributed by atoms with Crippen molar-refractivity contribution in [2.24, 2.45) is 5.92 Å². The molecule has 4 heterocycles. The highest BCUT2D eigenvalue weighted by Crippen LogP contribution is 2.42. The minimum absolute atomic E-state index is 0.0793. The maximum Gasteiger partial charge on any atom is 0.329 e. The summed E-state index contributed by atoms with van der Waals surface area (Å²) >= 11 is 0. The fourth-order valence-corrected chi connectivity index (χ4v) is 4.28. The van der Waals surface area contributed by atoms with Gasteiger partial charge in [-0.1, -0.05) is 0 Å². The Hall–Kier alpha value is -3.47. The summed E-state index contributed by atoms with van der Waals surface area (Å²) in [6.07, 6.45) is 3.97. The molecule has 2 aliphatic heterocycles. The molecule has 11 heteroatoms. The van der Waals surface area contributed by atoms with E-state index in [4.69, 9.17) is 14.2 Å². The summed E-state index contributed by atoms with van der Waals surface area (Å²) in [5.41, 5.74) is 1.26. The molecule has 2 aliphatic rings. The second-order valence-corrected chi connectivity index (χ2v) is 7.73. The number of nitrogens with zero attached hydrogens (tertiary/aromatic N) is 4. The minimum Gasteiger partial charge on any atom is -0.493 e. The summed E-state index contributed by atoms with van der Waals surface area (Å²) in [5, 5.41) is 7.50. The van der Waals surface area contributed by atoms with Crippen molar-refractivity contribution in [3.63, 3.8) is 0 Å². The number of methoxy groups -OCH3 is 2. The number of halogens is 2. The molecule has 5 rings (SSSR count). The lowest BCUT2D eigenvalue weighted by Crippen LogP contribution is -2.50. The largest absolute Gasteiger partial charge is 0.493 e. The number of ether oxygens (including phenoxy) is 3. The number of urea groups is 1. The zero-order valence-electron chi connectivity index (χ0n) is 17.5. The van der Waals surface area contributed by atoms with Crippen molar-refractivity contribution in [3.8, 4) is 11.5 Å². The first-order valence-corrected chi connectivity index (χ1v) is 10.1. The highest BCUT2D eigenvalue weighted by atomic mass is 19.1. The van der Waals surface area contributed by atoms with E-state index in [1.165, 1.54) is 19.1 Å². The lowest BCUT2D eigenvalue weighted by atomic mass is 10.0. The number of anilines is 2. The first-order valence-electron chi connectivity index (χ1n) is 10.1. The summed E-state index contributed by atoms with van der Waals surface area (Å²) in [7, 11) is 2.53. The monoisotopic (exact) mass is 445 g/mol. The van der Waals surface area contributed by atoms with E-state index >= 15 is 8.78 Å². The molecule has 0 spiro atoms. The van der Waals surface area contributed by atoms with Gasteiger partial charge >= 0.3 is 6.03 Å². The number of rotatable bonds is 5. The van der Waals surface area contributed by atoms with Crippen LogP contribution in [0.3, 0.4) is 0 Å². The van der Waals surface area contributed by atoms with Gasteiger partial charge in [0.1, 0.15) is 5.69 Å². The number of amides is 2. The van der Waals surface area contributed by atoms with Gasteiger partial charge in [-0.15, -0.1) is 0 Å². The zero-order valence-corrected chi connectivity index (χ0v) is 17.5. The first-order chi connectivity index (χ1) is 15.5. The fourth-order valence-electron chi connectivity index (χ4n) is 4.28. The molecule has 0 aliphatic carbocycles. The van der Waals surface area contributed by atoms with Crippen molar-refractivity contribution >= 4 is 28.4 Å². The minimum atomic E-state index is -0.982. The highest BCUT2D eigenvalue weighted by Gasteiger charge is 2.39. The molecule has 32 heavy (non-hydrogen) atoms. The van der Waals surface area contributed by atoms with Crippen molar-refractivity contribution in [1.29, 1.82) is 0 Å². The molecule has 2 aromatic heterocycles. The molecule has 1 aromatic carbocycles. The Balaban J connectivity index is 1.67. The number of carbonyl (C=O) groups excluding carboxylic acids is 1. The molecule has 1 unspecified atom stereocenters. The SMILES string of the molecule is COc1cc(OC)c(F)c(N2Cc3cnc4[nH]ncc4c3N(CC3CCOC3)C2=O)c1F. The van der Waals surface area contributed by atoms with Crippen LogP contribution in [0.1, 0.15) is 12.0 Å². The summed E-state index contributed by atoms with van der Waals surface area (Å²) in [6.45, 7) is 1.37. The third-order valence-corrected chi connectivity index (χ3v) is 5.87. The van der Waals surface area contributed by atoms with E-state index in [-0.39, 0.29) is 24.0 Å². The van der Waals surface area contributed by atoms with E-state index in [1.54, 1.807) is 12.4 Å². The Morgan fingerprint density at radius 2 is 1.94 bits per heavy atom. The Morgan fingerprint density at radius 1 is 1.19 bits per heavy atom. The van der Waals surface area contributed by atoms with Gasteiger partial charge in [-0.2, -0.15) is 5.10 Å². The van der Waals surface area contributed by atoms with Gasteiger partial charge in [-0.3, -0.25) is 14.9 Å². The smallest absolute Gasteiger partial charge is 0.329 e. The van der Waals surface area contributed by atoms with E-state index in [1.807, 2.05) is 0 Å². The molecule has 0 saturated carbocycles. The van der Waals surface area contributed by atoms with Crippen molar-refractivity contribution in [2.75, 3.05) is 43.8 Å². The molecule has 1 atom stereocenters. The van der Waals surface area contributed by atoms with Gasteiger partial charge in [-0.05, 0) is 6.42 Å². The summed E-state index contributed by atoms with van der Waals surface area (Å²) in [5.74, 6) is -2.32. The van der Waals surface area contributed by atoms with Crippen LogP contribution in [-0.4, -0.2) is 55.2 Å². The Morgan fingerprint density at radius 3 is 2.59 bits per heavy atom. The number of H-pyrrole nitrogens is 1. The molecular weight excluding hydrogens is 424 g/mol. The number of hydrogen-bond acceptors (Lipinski definition) is 6. The van der Waals surface area contributed by atoms with Crippen LogP contribution in [0.4, 0.5) is 25.0 Å². The van der Waals surface area contributed by atoms with Gasteiger partial charge in [-0.25, -0.2) is 18.6 Å². The Labute approximate surface area is 181 Å². The number of fused-ring (bicyclic) bond motifs is 3. The van der Waals surface area contributed by atoms with Crippen molar-refractivity contribution in [3.05, 3.63) is 35.7 Å². The number of aromatic nitrogens is 3. The molecule has 168 valence electrons. The van der Waals surface area contributed by atoms with Gasteiger partial charge < -0.3 is 14.2 Å². The van der Waals surface area contributed by atoms with Gasteiger partial charge in [0.2, 0.25) is 0 Å². The quantitative estimate of drug-likeness (QED) is 0.648. The Bertz CT molecular complexity index is 1170. The number of aromatic amines is 1. The van der Waals surface area contributed by atoms with Crippen molar-refractivity contribution < 1.29 is 27.8 Å². The molecule has 2 amide bonds. The number of benzene rings is 1. The van der Waals surface area contributed by atoms with E-state index in [0.29, 0.717) is 42.0 Å². The third kappa shape index (κ3) is 3.11. The van der Waals surface area contributed by atoms with Crippen LogP contribution in [0.25, 0.3) is 11.0 Å². The van der Waals surface area contributed by atoms with Crippen LogP contribution in [0.5, 0.6) is 11.5 Å². The van der Waals surface area contributed by atoms with Crippen LogP contribution in [0.2, 0.25) is 0 Å². The Kier molecular flexibility index (Phi) is 5.04. The summed E-state index contributed by atoms with van der Waals surface area (Å²) < 4.78 is 46.0. The number of pyridine rings is 1. The molecule has 9 nitrogen and oxygen atoms in total. The molecular formula is C21H21F2N5O4. The van der Waals surface area contributed by atoms with Crippen LogP contribution >= 0.6 is 0 Å². The van der Waals surface area contributed by atoms with Crippen molar-refractivity contribution in [2.45, 2.75) is 13.0 Å². The highest BCUT2D eigenvalue weighted by molar-refractivity contribution is 6.11. The summed E-state index contributed by atoms with van der Waals surface area (Å²) in [4.78, 5) is 20.6. The summed E-state index contributed by atoms with van der Waals surface area (Å²) in [6, 6.07) is 0.548. The average molecular weight is 445 g/mol. The predicted molar refractivity (Wildman–Crippen MR) is 111 cm³/mol. The van der Waals surface area contributed by atoms with E-state index < -0.39 is 23.4 Å². The second kappa shape index (κ2) is 7.90. The number of carbonyl (C=O) groups is 1. The second-order valence-electron chi connectivity index (χ2n) is 7.73. The van der Waals surface area contributed by atoms with Crippen molar-refractivity contribution in [1.82, 2.24) is 15.2 Å². The normalized spacial score (nSPS) is 18.4. The lowest BCUT2D eigenvalue weighted by Gasteiger charge is -2.38. The molecule has 1 N–H and O–H groups in total. The van der Waals surface area contributed by atoms with Gasteiger partial charge in [0, 0.05) is 36.9 Å². The first kappa shape index (κ1) is 20.4. The number of hydrogen-bond donors (Lipinski definition) is 1.